The molecular weight excluding hydrogens is 300 g/mol. The Morgan fingerprint density at radius 1 is 1.27 bits per heavy atom. The number of piperidine rings is 1. The second kappa shape index (κ2) is 6.40. The molecule has 1 saturated heterocycles. The van der Waals surface area contributed by atoms with Crippen molar-refractivity contribution in [2.75, 3.05) is 32.6 Å². The number of fused-ring (bicyclic) bond motifs is 1. The average Bonchev–Trinajstić information content (AvgIpc) is 2.97. The summed E-state index contributed by atoms with van der Waals surface area (Å²) in [5.41, 5.74) is 2.46. The topological polar surface area (TPSA) is 62.4 Å². The fraction of sp³-hybridized carbons (Fsp3) is 0.500. The van der Waals surface area contributed by atoms with E-state index in [-0.39, 0.29) is 12.4 Å². The SMILES string of the molecule is COCCS(=O)(=O)N1CCC(c2c[nH]c3ccccc23)CC1. The Hall–Kier alpha value is -1.37. The van der Waals surface area contributed by atoms with Gasteiger partial charge in [0.15, 0.2) is 0 Å². The second-order valence-corrected chi connectivity index (χ2v) is 7.86. The van der Waals surface area contributed by atoms with Gasteiger partial charge < -0.3 is 9.72 Å². The summed E-state index contributed by atoms with van der Waals surface area (Å²) in [6.45, 7) is 1.44. The number of hydrogen-bond donors (Lipinski definition) is 1. The molecule has 0 atom stereocenters. The molecule has 0 bridgehead atoms. The minimum atomic E-state index is -3.18. The van der Waals surface area contributed by atoms with Gasteiger partial charge in [0.1, 0.15) is 0 Å². The number of methoxy groups -OCH3 is 1. The second-order valence-electron chi connectivity index (χ2n) is 5.77. The predicted molar refractivity (Wildman–Crippen MR) is 87.5 cm³/mol. The van der Waals surface area contributed by atoms with Crippen LogP contribution in [0.5, 0.6) is 0 Å². The molecule has 1 aliphatic heterocycles. The smallest absolute Gasteiger partial charge is 0.216 e. The Kier molecular flexibility index (Phi) is 4.52. The van der Waals surface area contributed by atoms with Crippen LogP contribution in [0.3, 0.4) is 0 Å². The first kappa shape index (κ1) is 15.5. The normalized spacial score (nSPS) is 18.0. The van der Waals surface area contributed by atoms with Gasteiger partial charge in [-0.25, -0.2) is 12.7 Å². The van der Waals surface area contributed by atoms with Crippen molar-refractivity contribution in [3.63, 3.8) is 0 Å². The molecule has 2 aromatic rings. The van der Waals surface area contributed by atoms with Gasteiger partial charge in [-0.2, -0.15) is 0 Å². The van der Waals surface area contributed by atoms with Crippen molar-refractivity contribution in [3.05, 3.63) is 36.0 Å². The van der Waals surface area contributed by atoms with Gasteiger partial charge in [0.2, 0.25) is 10.0 Å². The van der Waals surface area contributed by atoms with E-state index in [1.165, 1.54) is 18.1 Å². The zero-order valence-electron chi connectivity index (χ0n) is 12.8. The summed E-state index contributed by atoms with van der Waals surface area (Å²) in [6.07, 6.45) is 3.81. The lowest BCUT2D eigenvalue weighted by molar-refractivity contribution is 0.214. The number of ether oxygens (including phenoxy) is 1. The Labute approximate surface area is 131 Å². The lowest BCUT2D eigenvalue weighted by Crippen LogP contribution is -2.39. The van der Waals surface area contributed by atoms with E-state index < -0.39 is 10.0 Å². The highest BCUT2D eigenvalue weighted by Crippen LogP contribution is 2.33. The number of aromatic amines is 1. The van der Waals surface area contributed by atoms with Gasteiger partial charge in [-0.3, -0.25) is 0 Å². The molecule has 2 heterocycles. The minimum Gasteiger partial charge on any atom is -0.384 e. The molecule has 120 valence electrons. The molecule has 0 radical (unpaired) electrons. The monoisotopic (exact) mass is 322 g/mol. The average molecular weight is 322 g/mol. The molecule has 0 aliphatic carbocycles. The van der Waals surface area contributed by atoms with Gasteiger partial charge in [-0.05, 0) is 30.4 Å². The molecule has 1 aromatic heterocycles. The van der Waals surface area contributed by atoms with Crippen LogP contribution in [-0.2, 0) is 14.8 Å². The highest BCUT2D eigenvalue weighted by Gasteiger charge is 2.29. The lowest BCUT2D eigenvalue weighted by Gasteiger charge is -2.31. The molecule has 1 N–H and O–H groups in total. The number of rotatable bonds is 5. The van der Waals surface area contributed by atoms with Crippen molar-refractivity contribution < 1.29 is 13.2 Å². The Morgan fingerprint density at radius 3 is 2.73 bits per heavy atom. The Balaban J connectivity index is 1.69. The van der Waals surface area contributed by atoms with Crippen LogP contribution in [0.4, 0.5) is 0 Å². The molecule has 0 unspecified atom stereocenters. The summed E-state index contributed by atoms with van der Waals surface area (Å²) in [5.74, 6) is 0.492. The molecule has 6 heteroatoms. The van der Waals surface area contributed by atoms with Crippen LogP contribution in [0.25, 0.3) is 10.9 Å². The van der Waals surface area contributed by atoms with Crippen LogP contribution in [0.1, 0.15) is 24.3 Å². The van der Waals surface area contributed by atoms with Crippen molar-refractivity contribution in [1.82, 2.24) is 9.29 Å². The third-order valence-electron chi connectivity index (χ3n) is 4.45. The van der Waals surface area contributed by atoms with Gasteiger partial charge in [0, 0.05) is 37.3 Å². The minimum absolute atomic E-state index is 0.0707. The van der Waals surface area contributed by atoms with E-state index in [1.807, 2.05) is 12.1 Å². The molecule has 5 nitrogen and oxygen atoms in total. The summed E-state index contributed by atoms with van der Waals surface area (Å²) in [6, 6.07) is 8.27. The molecule has 1 aliphatic rings. The van der Waals surface area contributed by atoms with Crippen molar-refractivity contribution in [2.45, 2.75) is 18.8 Å². The van der Waals surface area contributed by atoms with Crippen LogP contribution in [0.15, 0.2) is 30.5 Å². The third kappa shape index (κ3) is 3.04. The van der Waals surface area contributed by atoms with Crippen LogP contribution in [0, 0.1) is 0 Å². The molecule has 22 heavy (non-hydrogen) atoms. The number of sulfonamides is 1. The summed E-state index contributed by atoms with van der Waals surface area (Å²) in [7, 11) is -1.65. The fourth-order valence-corrected chi connectivity index (χ4v) is 4.60. The van der Waals surface area contributed by atoms with E-state index in [2.05, 4.69) is 23.3 Å². The number of benzene rings is 1. The van der Waals surface area contributed by atoms with E-state index in [0.717, 1.165) is 18.4 Å². The first-order valence-corrected chi connectivity index (χ1v) is 9.25. The predicted octanol–water partition coefficient (Wildman–Crippen LogP) is 2.32. The van der Waals surface area contributed by atoms with Gasteiger partial charge in [0.25, 0.3) is 0 Å². The van der Waals surface area contributed by atoms with E-state index in [0.29, 0.717) is 19.0 Å². The van der Waals surface area contributed by atoms with Crippen molar-refractivity contribution >= 4 is 20.9 Å². The standard InChI is InChI=1S/C16H22N2O3S/c1-21-10-11-22(19,20)18-8-6-13(7-9-18)15-12-17-16-5-3-2-4-14(15)16/h2-5,12-13,17H,6-11H2,1H3. The quantitative estimate of drug-likeness (QED) is 0.919. The number of nitrogens with zero attached hydrogens (tertiary/aromatic N) is 1. The van der Waals surface area contributed by atoms with E-state index in [4.69, 9.17) is 4.74 Å². The first-order chi connectivity index (χ1) is 10.6. The third-order valence-corrected chi connectivity index (χ3v) is 6.29. The van der Waals surface area contributed by atoms with Crippen LogP contribution in [0.2, 0.25) is 0 Å². The highest BCUT2D eigenvalue weighted by atomic mass is 32.2. The van der Waals surface area contributed by atoms with Crippen LogP contribution in [-0.4, -0.2) is 50.3 Å². The molecule has 1 fully saturated rings. The van der Waals surface area contributed by atoms with Gasteiger partial charge in [-0.15, -0.1) is 0 Å². The summed E-state index contributed by atoms with van der Waals surface area (Å²) >= 11 is 0. The first-order valence-electron chi connectivity index (χ1n) is 7.64. The summed E-state index contributed by atoms with van der Waals surface area (Å²) in [4.78, 5) is 3.31. The van der Waals surface area contributed by atoms with E-state index in [1.54, 1.807) is 4.31 Å². The number of hydrogen-bond acceptors (Lipinski definition) is 3. The van der Waals surface area contributed by atoms with Crippen molar-refractivity contribution in [1.29, 1.82) is 0 Å². The number of para-hydroxylation sites is 1. The molecule has 0 amide bonds. The molecule has 0 spiro atoms. The number of aromatic nitrogens is 1. The highest BCUT2D eigenvalue weighted by molar-refractivity contribution is 7.89. The zero-order valence-corrected chi connectivity index (χ0v) is 13.6. The fourth-order valence-electron chi connectivity index (χ4n) is 3.19. The molecule has 1 aromatic carbocycles. The van der Waals surface area contributed by atoms with Gasteiger partial charge in [-0.1, -0.05) is 18.2 Å². The summed E-state index contributed by atoms with van der Waals surface area (Å²) in [5, 5.41) is 1.25. The zero-order chi connectivity index (χ0) is 15.6. The van der Waals surface area contributed by atoms with Crippen LogP contribution < -0.4 is 0 Å². The molecule has 3 rings (SSSR count). The number of H-pyrrole nitrogens is 1. The number of nitrogens with one attached hydrogen (secondary N) is 1. The van der Waals surface area contributed by atoms with Crippen molar-refractivity contribution in [2.24, 2.45) is 0 Å². The largest absolute Gasteiger partial charge is 0.384 e. The van der Waals surface area contributed by atoms with Gasteiger partial charge >= 0.3 is 0 Å². The van der Waals surface area contributed by atoms with E-state index >= 15 is 0 Å². The summed E-state index contributed by atoms with van der Waals surface area (Å²) < 4.78 is 30.9. The maximum absolute atomic E-state index is 12.2. The molecular formula is C16H22N2O3S. The maximum Gasteiger partial charge on any atom is 0.216 e. The maximum atomic E-state index is 12.2. The van der Waals surface area contributed by atoms with Gasteiger partial charge in [0.05, 0.1) is 12.4 Å². The van der Waals surface area contributed by atoms with E-state index in [9.17, 15) is 8.42 Å². The Bertz CT molecular complexity index is 731. The Morgan fingerprint density at radius 2 is 2.00 bits per heavy atom. The molecule has 0 saturated carbocycles. The van der Waals surface area contributed by atoms with Crippen LogP contribution >= 0.6 is 0 Å². The lowest BCUT2D eigenvalue weighted by atomic mass is 9.90. The van der Waals surface area contributed by atoms with Crippen molar-refractivity contribution in [3.8, 4) is 0 Å².